The Hall–Kier alpha value is -1.99. The van der Waals surface area contributed by atoms with E-state index in [1.54, 1.807) is 6.07 Å². The number of likely N-dealkylation sites (tertiary alicyclic amines) is 1. The molecule has 110 valence electrons. The first-order valence-corrected chi connectivity index (χ1v) is 6.78. The molecule has 1 aromatic carbocycles. The Bertz CT molecular complexity index is 691. The van der Waals surface area contributed by atoms with E-state index in [2.05, 4.69) is 10.3 Å². The summed E-state index contributed by atoms with van der Waals surface area (Å²) >= 11 is 5.71. The van der Waals surface area contributed by atoms with Crippen LogP contribution in [0.25, 0.3) is 5.69 Å². The third-order valence-corrected chi connectivity index (χ3v) is 3.63. The number of halogens is 2. The fraction of sp³-hybridized carbons (Fsp3) is 0.308. The summed E-state index contributed by atoms with van der Waals surface area (Å²) in [6.45, 7) is 0.746. The van der Waals surface area contributed by atoms with Gasteiger partial charge in [-0.25, -0.2) is 9.07 Å². The van der Waals surface area contributed by atoms with Crippen molar-refractivity contribution in [3.8, 4) is 5.69 Å². The molecular formula is C13H12ClFN4O2. The third-order valence-electron chi connectivity index (χ3n) is 3.34. The van der Waals surface area contributed by atoms with E-state index in [-0.39, 0.29) is 28.9 Å². The number of hydrogen-bond acceptors (Lipinski definition) is 4. The quantitative estimate of drug-likeness (QED) is 0.906. The average molecular weight is 311 g/mol. The van der Waals surface area contributed by atoms with Gasteiger partial charge in [0, 0.05) is 13.1 Å². The molecule has 1 fully saturated rings. The van der Waals surface area contributed by atoms with Crippen molar-refractivity contribution in [2.75, 3.05) is 13.1 Å². The van der Waals surface area contributed by atoms with Gasteiger partial charge in [-0.3, -0.25) is 4.79 Å². The number of carbonyl (C=O) groups is 1. The van der Waals surface area contributed by atoms with Crippen molar-refractivity contribution in [3.63, 3.8) is 0 Å². The van der Waals surface area contributed by atoms with Crippen LogP contribution in [0.2, 0.25) is 5.02 Å². The number of rotatable bonds is 2. The maximum atomic E-state index is 13.9. The molecule has 2 aromatic rings. The Labute approximate surface area is 124 Å². The predicted molar refractivity (Wildman–Crippen MR) is 72.9 cm³/mol. The molecule has 0 spiro atoms. The van der Waals surface area contributed by atoms with Crippen molar-refractivity contribution in [2.24, 2.45) is 0 Å². The minimum absolute atomic E-state index is 0.0291. The van der Waals surface area contributed by atoms with Crippen molar-refractivity contribution in [1.29, 1.82) is 0 Å². The number of hydrogen-bond donors (Lipinski definition) is 1. The molecule has 1 atom stereocenters. The van der Waals surface area contributed by atoms with Gasteiger partial charge >= 0.3 is 0 Å². The predicted octanol–water partition coefficient (Wildman–Crippen LogP) is 1.27. The Morgan fingerprint density at radius 1 is 1.48 bits per heavy atom. The number of amides is 1. The lowest BCUT2D eigenvalue weighted by molar-refractivity contribution is 0.0759. The van der Waals surface area contributed by atoms with Crippen molar-refractivity contribution in [1.82, 2.24) is 19.9 Å². The van der Waals surface area contributed by atoms with E-state index in [0.29, 0.717) is 13.0 Å². The van der Waals surface area contributed by atoms with Crippen LogP contribution in [0.5, 0.6) is 0 Å². The Morgan fingerprint density at radius 3 is 3.00 bits per heavy atom. The number of β-amino-alcohol motifs (C(OH)–C–C–N with tert-alkyl or cyclic N) is 1. The monoisotopic (exact) mass is 310 g/mol. The Morgan fingerprint density at radius 2 is 2.29 bits per heavy atom. The van der Waals surface area contributed by atoms with Crippen LogP contribution >= 0.6 is 11.6 Å². The molecule has 1 aliphatic heterocycles. The van der Waals surface area contributed by atoms with E-state index in [9.17, 15) is 14.3 Å². The van der Waals surface area contributed by atoms with Crippen LogP contribution in [-0.2, 0) is 0 Å². The van der Waals surface area contributed by atoms with E-state index in [4.69, 9.17) is 11.6 Å². The van der Waals surface area contributed by atoms with E-state index in [1.807, 2.05) is 0 Å². The molecule has 0 radical (unpaired) electrons. The van der Waals surface area contributed by atoms with Crippen LogP contribution in [0.4, 0.5) is 4.39 Å². The summed E-state index contributed by atoms with van der Waals surface area (Å²) in [7, 11) is 0. The summed E-state index contributed by atoms with van der Waals surface area (Å²) in [6.07, 6.45) is 1.39. The molecule has 1 aromatic heterocycles. The van der Waals surface area contributed by atoms with Gasteiger partial charge in [0.15, 0.2) is 11.5 Å². The molecule has 2 heterocycles. The number of aromatic nitrogens is 3. The largest absolute Gasteiger partial charge is 0.391 e. The number of benzene rings is 1. The van der Waals surface area contributed by atoms with Gasteiger partial charge in [0.05, 0.1) is 17.3 Å². The van der Waals surface area contributed by atoms with Gasteiger partial charge in [-0.15, -0.1) is 5.10 Å². The van der Waals surface area contributed by atoms with E-state index >= 15 is 0 Å². The molecule has 0 aliphatic carbocycles. The summed E-state index contributed by atoms with van der Waals surface area (Å²) < 4.78 is 15.1. The van der Waals surface area contributed by atoms with Crippen molar-refractivity contribution >= 4 is 17.5 Å². The zero-order chi connectivity index (χ0) is 15.0. The van der Waals surface area contributed by atoms with Gasteiger partial charge in [-0.2, -0.15) is 0 Å². The normalized spacial score (nSPS) is 18.2. The average Bonchev–Trinajstić information content (AvgIpc) is 3.10. The minimum Gasteiger partial charge on any atom is -0.391 e. The lowest BCUT2D eigenvalue weighted by Crippen LogP contribution is -2.29. The van der Waals surface area contributed by atoms with Crippen LogP contribution in [0.1, 0.15) is 16.9 Å². The van der Waals surface area contributed by atoms with Gasteiger partial charge in [-0.05, 0) is 18.6 Å². The van der Waals surface area contributed by atoms with Crippen LogP contribution in [0.3, 0.4) is 0 Å². The summed E-state index contributed by atoms with van der Waals surface area (Å²) in [5.74, 6) is -0.958. The number of carbonyl (C=O) groups excluding carboxylic acids is 1. The topological polar surface area (TPSA) is 71.2 Å². The fourth-order valence-corrected chi connectivity index (χ4v) is 2.41. The van der Waals surface area contributed by atoms with Gasteiger partial charge in [0.2, 0.25) is 0 Å². The molecule has 21 heavy (non-hydrogen) atoms. The second-order valence-electron chi connectivity index (χ2n) is 4.81. The molecule has 8 heteroatoms. The number of aliphatic hydroxyl groups is 1. The maximum Gasteiger partial charge on any atom is 0.276 e. The molecular weight excluding hydrogens is 299 g/mol. The summed E-state index contributed by atoms with van der Waals surface area (Å²) in [5.41, 5.74) is 0.221. The molecule has 1 N–H and O–H groups in total. The van der Waals surface area contributed by atoms with Crippen LogP contribution in [-0.4, -0.2) is 50.1 Å². The minimum atomic E-state index is -0.625. The first kappa shape index (κ1) is 14.0. The molecule has 0 unspecified atom stereocenters. The molecule has 3 rings (SSSR count). The molecule has 1 amide bonds. The Balaban J connectivity index is 1.86. The summed E-state index contributed by atoms with van der Waals surface area (Å²) in [5, 5.41) is 16.9. The fourth-order valence-electron chi connectivity index (χ4n) is 2.24. The van der Waals surface area contributed by atoms with Crippen LogP contribution in [0, 0.1) is 5.82 Å². The maximum absolute atomic E-state index is 13.9. The molecule has 6 nitrogen and oxygen atoms in total. The van der Waals surface area contributed by atoms with Crippen molar-refractivity contribution < 1.29 is 14.3 Å². The van der Waals surface area contributed by atoms with Gasteiger partial charge in [-0.1, -0.05) is 22.9 Å². The van der Waals surface area contributed by atoms with E-state index in [1.165, 1.54) is 27.9 Å². The van der Waals surface area contributed by atoms with Gasteiger partial charge in [0.1, 0.15) is 5.69 Å². The highest BCUT2D eigenvalue weighted by molar-refractivity contribution is 6.30. The lowest BCUT2D eigenvalue weighted by atomic mass is 10.3. The summed E-state index contributed by atoms with van der Waals surface area (Å²) in [4.78, 5) is 13.7. The van der Waals surface area contributed by atoms with Crippen LogP contribution in [0.15, 0.2) is 24.4 Å². The number of nitrogens with zero attached hydrogens (tertiary/aromatic N) is 4. The Kier molecular flexibility index (Phi) is 3.60. The second kappa shape index (κ2) is 5.42. The molecule has 0 saturated carbocycles. The van der Waals surface area contributed by atoms with Gasteiger partial charge < -0.3 is 10.0 Å². The number of aliphatic hydroxyl groups excluding tert-OH is 1. The van der Waals surface area contributed by atoms with Crippen molar-refractivity contribution in [3.05, 3.63) is 40.9 Å². The molecule has 0 bridgehead atoms. The standard InChI is InChI=1S/C13H12ClFN4O2/c14-9-2-1-3-11(12(9)15)19-7-10(16-17-19)13(21)18-5-4-8(20)6-18/h1-3,7-8,20H,4-6H2/t8-/m0/s1. The third kappa shape index (κ3) is 2.62. The first-order valence-electron chi connectivity index (χ1n) is 6.40. The highest BCUT2D eigenvalue weighted by Crippen LogP contribution is 2.21. The SMILES string of the molecule is O=C(c1cn(-c2cccc(Cl)c2F)nn1)N1CC[C@H](O)C1. The van der Waals surface area contributed by atoms with E-state index < -0.39 is 11.9 Å². The highest BCUT2D eigenvalue weighted by Gasteiger charge is 2.27. The zero-order valence-corrected chi connectivity index (χ0v) is 11.7. The first-order chi connectivity index (χ1) is 10.1. The smallest absolute Gasteiger partial charge is 0.276 e. The summed E-state index contributed by atoms with van der Waals surface area (Å²) in [6, 6.07) is 4.50. The zero-order valence-electron chi connectivity index (χ0n) is 10.9. The van der Waals surface area contributed by atoms with E-state index in [0.717, 1.165) is 0 Å². The molecule has 1 aliphatic rings. The second-order valence-corrected chi connectivity index (χ2v) is 5.22. The van der Waals surface area contributed by atoms with Gasteiger partial charge in [0.25, 0.3) is 5.91 Å². The highest BCUT2D eigenvalue weighted by atomic mass is 35.5. The van der Waals surface area contributed by atoms with Crippen molar-refractivity contribution in [2.45, 2.75) is 12.5 Å². The lowest BCUT2D eigenvalue weighted by Gasteiger charge is -2.12. The molecule has 1 saturated heterocycles. The van der Waals surface area contributed by atoms with Crippen LogP contribution < -0.4 is 0 Å².